The summed E-state index contributed by atoms with van der Waals surface area (Å²) in [6.07, 6.45) is 8.78. The lowest BCUT2D eigenvalue weighted by Crippen LogP contribution is -2.38. The normalized spacial score (nSPS) is 25.3. The van der Waals surface area contributed by atoms with E-state index in [1.807, 2.05) is 0 Å². The first-order valence-electron chi connectivity index (χ1n) is 4.60. The van der Waals surface area contributed by atoms with Gasteiger partial charge in [0.1, 0.15) is 0 Å². The minimum absolute atomic E-state index is 0.642. The van der Waals surface area contributed by atoms with Crippen molar-refractivity contribution in [2.45, 2.75) is 0 Å². The molecule has 1 heterocycles. The second kappa shape index (κ2) is 3.87. The molecule has 0 bridgehead atoms. The Bertz CT molecular complexity index is 180. The molecular weight excluding hydrogens is 150 g/mol. The van der Waals surface area contributed by atoms with Gasteiger partial charge in [-0.2, -0.15) is 0 Å². The lowest BCUT2D eigenvalue weighted by molar-refractivity contribution is 0.0356. The molecule has 0 aromatic carbocycles. The first-order valence-corrected chi connectivity index (χ1v) is 4.60. The van der Waals surface area contributed by atoms with E-state index in [0.717, 1.165) is 32.8 Å². The van der Waals surface area contributed by atoms with Crippen molar-refractivity contribution in [2.75, 3.05) is 32.8 Å². The Kier molecular flexibility index (Phi) is 2.59. The largest absolute Gasteiger partial charge is 0.379 e. The zero-order valence-corrected chi connectivity index (χ0v) is 7.28. The van der Waals surface area contributed by atoms with Crippen LogP contribution in [0.5, 0.6) is 0 Å². The molecule has 0 saturated carbocycles. The van der Waals surface area contributed by atoms with Gasteiger partial charge in [-0.15, -0.1) is 0 Å². The monoisotopic (exact) mass is 165 g/mol. The first-order chi connectivity index (χ1) is 5.95. The Morgan fingerprint density at radius 3 is 2.50 bits per heavy atom. The zero-order valence-electron chi connectivity index (χ0n) is 7.28. The molecule has 0 N–H and O–H groups in total. The van der Waals surface area contributed by atoms with Gasteiger partial charge < -0.3 is 4.74 Å². The maximum Gasteiger partial charge on any atom is 0.0594 e. The van der Waals surface area contributed by atoms with Gasteiger partial charge in [-0.3, -0.25) is 4.90 Å². The summed E-state index contributed by atoms with van der Waals surface area (Å²) in [5.41, 5.74) is 0. The van der Waals surface area contributed by atoms with Crippen LogP contribution in [0.2, 0.25) is 0 Å². The van der Waals surface area contributed by atoms with E-state index in [9.17, 15) is 0 Å². The van der Waals surface area contributed by atoms with E-state index < -0.39 is 0 Å². The van der Waals surface area contributed by atoms with E-state index in [1.165, 1.54) is 0 Å². The second-order valence-electron chi connectivity index (χ2n) is 3.35. The molecule has 12 heavy (non-hydrogen) atoms. The predicted octanol–water partition coefficient (Wildman–Crippen LogP) is 1.06. The molecule has 1 saturated heterocycles. The van der Waals surface area contributed by atoms with Crippen LogP contribution in [0, 0.1) is 5.92 Å². The van der Waals surface area contributed by atoms with E-state index in [4.69, 9.17) is 4.74 Å². The molecule has 1 aliphatic carbocycles. The number of hydrogen-bond acceptors (Lipinski definition) is 2. The van der Waals surface area contributed by atoms with Crippen molar-refractivity contribution in [2.24, 2.45) is 5.92 Å². The van der Waals surface area contributed by atoms with E-state index in [-0.39, 0.29) is 0 Å². The molecule has 0 aromatic rings. The van der Waals surface area contributed by atoms with Crippen LogP contribution in [-0.2, 0) is 4.74 Å². The van der Waals surface area contributed by atoms with Crippen molar-refractivity contribution in [3.05, 3.63) is 24.3 Å². The first kappa shape index (κ1) is 8.02. The number of rotatable bonds is 2. The van der Waals surface area contributed by atoms with Crippen LogP contribution in [0.25, 0.3) is 0 Å². The van der Waals surface area contributed by atoms with Crippen molar-refractivity contribution in [3.63, 3.8) is 0 Å². The Balaban J connectivity index is 1.77. The minimum atomic E-state index is 0.642. The Labute approximate surface area is 73.5 Å². The van der Waals surface area contributed by atoms with Gasteiger partial charge in [0, 0.05) is 25.6 Å². The predicted molar refractivity (Wildman–Crippen MR) is 49.0 cm³/mol. The highest BCUT2D eigenvalue weighted by Crippen LogP contribution is 2.11. The third kappa shape index (κ3) is 1.96. The van der Waals surface area contributed by atoms with Crippen molar-refractivity contribution < 1.29 is 4.74 Å². The molecule has 0 spiro atoms. The van der Waals surface area contributed by atoms with Gasteiger partial charge in [0.2, 0.25) is 0 Å². The molecule has 0 unspecified atom stereocenters. The SMILES string of the molecule is C1=CC(CN2CCOCC2)C=C1. The van der Waals surface area contributed by atoms with Crippen molar-refractivity contribution in [1.82, 2.24) is 4.90 Å². The topological polar surface area (TPSA) is 12.5 Å². The third-order valence-corrected chi connectivity index (χ3v) is 2.40. The van der Waals surface area contributed by atoms with E-state index in [2.05, 4.69) is 29.2 Å². The third-order valence-electron chi connectivity index (χ3n) is 2.40. The lowest BCUT2D eigenvalue weighted by Gasteiger charge is -2.27. The summed E-state index contributed by atoms with van der Waals surface area (Å²) in [5, 5.41) is 0. The van der Waals surface area contributed by atoms with Crippen LogP contribution in [-0.4, -0.2) is 37.7 Å². The smallest absolute Gasteiger partial charge is 0.0594 e. The second-order valence-corrected chi connectivity index (χ2v) is 3.35. The van der Waals surface area contributed by atoms with Gasteiger partial charge in [-0.25, -0.2) is 0 Å². The van der Waals surface area contributed by atoms with Crippen LogP contribution in [0.1, 0.15) is 0 Å². The van der Waals surface area contributed by atoms with Gasteiger partial charge in [0.05, 0.1) is 13.2 Å². The summed E-state index contributed by atoms with van der Waals surface area (Å²) in [7, 11) is 0. The van der Waals surface area contributed by atoms with Crippen LogP contribution in [0.15, 0.2) is 24.3 Å². The average Bonchev–Trinajstić information content (AvgIpc) is 2.59. The van der Waals surface area contributed by atoms with E-state index in [0.29, 0.717) is 5.92 Å². The highest BCUT2D eigenvalue weighted by atomic mass is 16.5. The van der Waals surface area contributed by atoms with Gasteiger partial charge in [-0.05, 0) is 0 Å². The molecule has 2 aliphatic rings. The average molecular weight is 165 g/mol. The number of hydrogen-bond donors (Lipinski definition) is 0. The molecule has 66 valence electrons. The molecule has 2 heteroatoms. The van der Waals surface area contributed by atoms with Crippen LogP contribution in [0.3, 0.4) is 0 Å². The fourth-order valence-corrected chi connectivity index (χ4v) is 1.68. The zero-order chi connectivity index (χ0) is 8.23. The minimum Gasteiger partial charge on any atom is -0.379 e. The molecule has 0 atom stereocenters. The van der Waals surface area contributed by atoms with Gasteiger partial charge in [0.25, 0.3) is 0 Å². The van der Waals surface area contributed by atoms with Crippen molar-refractivity contribution in [1.29, 1.82) is 0 Å². The molecule has 2 nitrogen and oxygen atoms in total. The molecule has 0 radical (unpaired) electrons. The number of morpholine rings is 1. The summed E-state index contributed by atoms with van der Waals surface area (Å²) in [6.45, 7) is 5.16. The van der Waals surface area contributed by atoms with Crippen LogP contribution < -0.4 is 0 Å². The molecule has 0 aromatic heterocycles. The summed E-state index contributed by atoms with van der Waals surface area (Å²) in [6, 6.07) is 0. The molecule has 0 amide bonds. The number of nitrogens with zero attached hydrogens (tertiary/aromatic N) is 1. The molecule has 2 rings (SSSR count). The molecule has 1 fully saturated rings. The van der Waals surface area contributed by atoms with Gasteiger partial charge >= 0.3 is 0 Å². The van der Waals surface area contributed by atoms with Crippen molar-refractivity contribution >= 4 is 0 Å². The quantitative estimate of drug-likeness (QED) is 0.606. The fourth-order valence-electron chi connectivity index (χ4n) is 1.68. The van der Waals surface area contributed by atoms with Crippen LogP contribution in [0.4, 0.5) is 0 Å². The highest BCUT2D eigenvalue weighted by molar-refractivity contribution is 5.17. The Hall–Kier alpha value is -0.600. The van der Waals surface area contributed by atoms with E-state index >= 15 is 0 Å². The lowest BCUT2D eigenvalue weighted by atomic mass is 10.1. The van der Waals surface area contributed by atoms with Gasteiger partial charge in [0.15, 0.2) is 0 Å². The Morgan fingerprint density at radius 1 is 1.17 bits per heavy atom. The number of ether oxygens (including phenoxy) is 1. The fraction of sp³-hybridized carbons (Fsp3) is 0.600. The van der Waals surface area contributed by atoms with Crippen LogP contribution >= 0.6 is 0 Å². The maximum atomic E-state index is 5.29. The summed E-state index contributed by atoms with van der Waals surface area (Å²) >= 11 is 0. The summed E-state index contributed by atoms with van der Waals surface area (Å²) in [5.74, 6) is 0.642. The highest BCUT2D eigenvalue weighted by Gasteiger charge is 2.13. The van der Waals surface area contributed by atoms with Gasteiger partial charge in [-0.1, -0.05) is 24.3 Å². The maximum absolute atomic E-state index is 5.29. The standard InChI is InChI=1S/C10H15NO/c1-2-4-10(3-1)9-11-5-7-12-8-6-11/h1-4,10H,5-9H2. The molecular formula is C10H15NO. The molecule has 1 aliphatic heterocycles. The summed E-state index contributed by atoms with van der Waals surface area (Å²) in [4.78, 5) is 2.47. The summed E-state index contributed by atoms with van der Waals surface area (Å²) < 4.78 is 5.29. The van der Waals surface area contributed by atoms with Crippen molar-refractivity contribution in [3.8, 4) is 0 Å². The number of allylic oxidation sites excluding steroid dienone is 2. The van der Waals surface area contributed by atoms with E-state index in [1.54, 1.807) is 0 Å². The Morgan fingerprint density at radius 2 is 1.83 bits per heavy atom.